The second kappa shape index (κ2) is 7.59. The molecule has 0 aliphatic heterocycles. The van der Waals surface area contributed by atoms with E-state index in [1.807, 2.05) is 0 Å². The average molecular weight is 287 g/mol. The monoisotopic (exact) mass is 287 g/mol. The number of aryl methyl sites for hydroxylation is 1. The Morgan fingerprint density at radius 3 is 2.47 bits per heavy atom. The highest BCUT2D eigenvalue weighted by Crippen LogP contribution is 2.12. The predicted molar refractivity (Wildman–Crippen MR) is 73.5 cm³/mol. The van der Waals surface area contributed by atoms with Gasteiger partial charge in [0, 0.05) is 19.8 Å². The standard InChI is InChI=1S/C13H21NO4S/c1-11(10-18-2)14-19(16,17)13-7-5-12(6-8-13)4-3-9-15/h5-8,11,14-15H,3-4,9-10H2,1-2H3. The van der Waals surface area contributed by atoms with Crippen LogP contribution < -0.4 is 4.72 Å². The highest BCUT2D eigenvalue weighted by atomic mass is 32.2. The van der Waals surface area contributed by atoms with Crippen molar-refractivity contribution in [1.82, 2.24) is 4.72 Å². The molecule has 0 fully saturated rings. The lowest BCUT2D eigenvalue weighted by Crippen LogP contribution is -2.35. The van der Waals surface area contributed by atoms with Gasteiger partial charge in [0.1, 0.15) is 0 Å². The van der Waals surface area contributed by atoms with Gasteiger partial charge in [0.05, 0.1) is 11.5 Å². The van der Waals surface area contributed by atoms with Crippen LogP contribution in [0.2, 0.25) is 0 Å². The number of sulfonamides is 1. The van der Waals surface area contributed by atoms with E-state index in [0.717, 1.165) is 12.0 Å². The van der Waals surface area contributed by atoms with Crippen LogP contribution in [-0.2, 0) is 21.2 Å². The number of ether oxygens (including phenoxy) is 1. The highest BCUT2D eigenvalue weighted by Gasteiger charge is 2.16. The zero-order valence-electron chi connectivity index (χ0n) is 11.3. The van der Waals surface area contributed by atoms with Gasteiger partial charge < -0.3 is 9.84 Å². The lowest BCUT2D eigenvalue weighted by molar-refractivity contribution is 0.180. The van der Waals surface area contributed by atoms with Crippen molar-refractivity contribution in [2.24, 2.45) is 0 Å². The Kier molecular flexibility index (Phi) is 6.44. The molecule has 1 unspecified atom stereocenters. The van der Waals surface area contributed by atoms with Crippen LogP contribution in [-0.4, -0.2) is 39.9 Å². The highest BCUT2D eigenvalue weighted by molar-refractivity contribution is 7.89. The van der Waals surface area contributed by atoms with Gasteiger partial charge in [-0.1, -0.05) is 12.1 Å². The van der Waals surface area contributed by atoms with Gasteiger partial charge in [0.15, 0.2) is 0 Å². The number of hydrogen-bond acceptors (Lipinski definition) is 4. The van der Waals surface area contributed by atoms with Gasteiger partial charge in [-0.05, 0) is 37.5 Å². The van der Waals surface area contributed by atoms with E-state index in [4.69, 9.17) is 9.84 Å². The molecule has 1 aromatic carbocycles. The molecule has 1 rings (SSSR count). The molecule has 0 aliphatic carbocycles. The van der Waals surface area contributed by atoms with E-state index in [1.54, 1.807) is 31.2 Å². The first kappa shape index (κ1) is 16.1. The van der Waals surface area contributed by atoms with E-state index < -0.39 is 10.0 Å². The molecule has 0 bridgehead atoms. The SMILES string of the molecule is COCC(C)NS(=O)(=O)c1ccc(CCCO)cc1. The first-order chi connectivity index (χ1) is 8.99. The fourth-order valence-corrected chi connectivity index (χ4v) is 2.96. The van der Waals surface area contributed by atoms with Crippen molar-refractivity contribution in [3.05, 3.63) is 29.8 Å². The molecule has 0 heterocycles. The second-order valence-electron chi connectivity index (χ2n) is 4.45. The molecule has 6 heteroatoms. The minimum atomic E-state index is -3.50. The van der Waals surface area contributed by atoms with Gasteiger partial charge in [-0.15, -0.1) is 0 Å². The van der Waals surface area contributed by atoms with Crippen molar-refractivity contribution in [2.75, 3.05) is 20.3 Å². The lowest BCUT2D eigenvalue weighted by Gasteiger charge is -2.13. The Balaban J connectivity index is 2.73. The number of aliphatic hydroxyl groups excluding tert-OH is 1. The summed E-state index contributed by atoms with van der Waals surface area (Å²) in [6, 6.07) is 6.42. The first-order valence-corrected chi connectivity index (χ1v) is 7.69. The van der Waals surface area contributed by atoms with Crippen LogP contribution >= 0.6 is 0 Å². The van der Waals surface area contributed by atoms with Crippen LogP contribution in [0, 0.1) is 0 Å². The smallest absolute Gasteiger partial charge is 0.240 e. The quantitative estimate of drug-likeness (QED) is 0.745. The maximum Gasteiger partial charge on any atom is 0.240 e. The predicted octanol–water partition coefficient (Wildman–Crippen LogP) is 0.925. The summed E-state index contributed by atoms with van der Waals surface area (Å²) < 4.78 is 31.5. The summed E-state index contributed by atoms with van der Waals surface area (Å²) in [5, 5.41) is 8.74. The third-order valence-corrected chi connectivity index (χ3v) is 4.24. The van der Waals surface area contributed by atoms with E-state index in [-0.39, 0.29) is 17.5 Å². The summed E-state index contributed by atoms with van der Waals surface area (Å²) in [6.07, 6.45) is 1.42. The topological polar surface area (TPSA) is 75.6 Å². The van der Waals surface area contributed by atoms with Crippen molar-refractivity contribution < 1.29 is 18.3 Å². The van der Waals surface area contributed by atoms with E-state index >= 15 is 0 Å². The minimum Gasteiger partial charge on any atom is -0.396 e. The van der Waals surface area contributed by atoms with Crippen LogP contribution in [0.3, 0.4) is 0 Å². The van der Waals surface area contributed by atoms with E-state index in [0.29, 0.717) is 13.0 Å². The summed E-state index contributed by atoms with van der Waals surface area (Å²) in [5.41, 5.74) is 1.01. The second-order valence-corrected chi connectivity index (χ2v) is 6.16. The summed E-state index contributed by atoms with van der Waals surface area (Å²) in [5.74, 6) is 0. The van der Waals surface area contributed by atoms with Crippen LogP contribution in [0.25, 0.3) is 0 Å². The molecule has 1 atom stereocenters. The van der Waals surface area contributed by atoms with Crippen LogP contribution in [0.1, 0.15) is 18.9 Å². The number of aliphatic hydroxyl groups is 1. The number of hydrogen-bond donors (Lipinski definition) is 2. The Labute approximate surface area is 114 Å². The summed E-state index contributed by atoms with van der Waals surface area (Å²) in [4.78, 5) is 0.239. The Morgan fingerprint density at radius 2 is 1.95 bits per heavy atom. The molecule has 108 valence electrons. The number of methoxy groups -OCH3 is 1. The average Bonchev–Trinajstić information content (AvgIpc) is 2.36. The molecule has 5 nitrogen and oxygen atoms in total. The first-order valence-electron chi connectivity index (χ1n) is 6.20. The van der Waals surface area contributed by atoms with Gasteiger partial charge in [-0.25, -0.2) is 13.1 Å². The van der Waals surface area contributed by atoms with Gasteiger partial charge in [0.2, 0.25) is 10.0 Å². The Morgan fingerprint density at radius 1 is 1.32 bits per heavy atom. The van der Waals surface area contributed by atoms with Crippen molar-refractivity contribution in [3.63, 3.8) is 0 Å². The normalized spacial score (nSPS) is 13.4. The minimum absolute atomic E-state index is 0.135. The largest absolute Gasteiger partial charge is 0.396 e. The molecule has 0 saturated carbocycles. The van der Waals surface area contributed by atoms with Crippen molar-refractivity contribution >= 4 is 10.0 Å². The zero-order chi connectivity index (χ0) is 14.3. The summed E-state index contributed by atoms with van der Waals surface area (Å²) in [6.45, 7) is 2.21. The molecule has 0 amide bonds. The van der Waals surface area contributed by atoms with E-state index in [9.17, 15) is 8.42 Å². The molecule has 0 spiro atoms. The van der Waals surface area contributed by atoms with Gasteiger partial charge in [-0.2, -0.15) is 0 Å². The zero-order valence-corrected chi connectivity index (χ0v) is 12.1. The van der Waals surface area contributed by atoms with Gasteiger partial charge in [-0.3, -0.25) is 0 Å². The summed E-state index contributed by atoms with van der Waals surface area (Å²) >= 11 is 0. The maximum atomic E-state index is 12.0. The fourth-order valence-electron chi connectivity index (χ4n) is 1.74. The molecular weight excluding hydrogens is 266 g/mol. The molecule has 19 heavy (non-hydrogen) atoms. The third-order valence-electron chi connectivity index (χ3n) is 2.63. The molecule has 0 radical (unpaired) electrons. The van der Waals surface area contributed by atoms with Crippen LogP contribution in [0.5, 0.6) is 0 Å². The van der Waals surface area contributed by atoms with E-state index in [2.05, 4.69) is 4.72 Å². The van der Waals surface area contributed by atoms with Gasteiger partial charge in [0.25, 0.3) is 0 Å². The molecule has 0 aromatic heterocycles. The molecule has 1 aromatic rings. The Bertz CT molecular complexity index is 470. The van der Waals surface area contributed by atoms with Gasteiger partial charge >= 0.3 is 0 Å². The van der Waals surface area contributed by atoms with Crippen molar-refractivity contribution in [3.8, 4) is 0 Å². The van der Waals surface area contributed by atoms with Crippen LogP contribution in [0.4, 0.5) is 0 Å². The van der Waals surface area contributed by atoms with E-state index in [1.165, 1.54) is 7.11 Å². The number of nitrogens with one attached hydrogen (secondary N) is 1. The summed E-state index contributed by atoms with van der Waals surface area (Å²) in [7, 11) is -1.97. The molecule has 2 N–H and O–H groups in total. The lowest BCUT2D eigenvalue weighted by atomic mass is 10.1. The third kappa shape index (κ3) is 5.28. The Hall–Kier alpha value is -0.950. The maximum absolute atomic E-state index is 12.0. The number of benzene rings is 1. The molecular formula is C13H21NO4S. The van der Waals surface area contributed by atoms with Crippen molar-refractivity contribution in [1.29, 1.82) is 0 Å². The van der Waals surface area contributed by atoms with Crippen LogP contribution in [0.15, 0.2) is 29.2 Å². The molecule has 0 aliphatic rings. The fraction of sp³-hybridized carbons (Fsp3) is 0.538. The number of rotatable bonds is 8. The molecule has 0 saturated heterocycles. The van der Waals surface area contributed by atoms with Crippen molar-refractivity contribution in [2.45, 2.75) is 30.7 Å².